The second kappa shape index (κ2) is 6.75. The Morgan fingerprint density at radius 1 is 0.917 bits per heavy atom. The standard InChI is InChI=1S/C21H21NO2/c1-14-8-11-20(12-15(14)2)24-16(3)21(23)22-19-10-9-17-6-4-5-7-18(17)13-19/h4-13,16H,1-3H3,(H,22,23)/t16-/m0/s1. The number of ether oxygens (including phenoxy) is 1. The molecule has 0 fully saturated rings. The molecule has 3 aromatic carbocycles. The molecule has 1 atom stereocenters. The molecule has 0 saturated heterocycles. The SMILES string of the molecule is Cc1ccc(O[C@@H](C)C(=O)Nc2ccc3ccccc3c2)cc1C. The topological polar surface area (TPSA) is 38.3 Å². The van der Waals surface area contributed by atoms with Gasteiger partial charge in [-0.05, 0) is 66.9 Å². The molecule has 3 nitrogen and oxygen atoms in total. The number of amides is 1. The molecule has 24 heavy (non-hydrogen) atoms. The molecule has 0 spiro atoms. The second-order valence-corrected chi connectivity index (χ2v) is 6.06. The first-order chi connectivity index (χ1) is 11.5. The predicted molar refractivity (Wildman–Crippen MR) is 98.6 cm³/mol. The monoisotopic (exact) mass is 319 g/mol. The molecular formula is C21H21NO2. The number of carbonyl (C=O) groups excluding carboxylic acids is 1. The van der Waals surface area contributed by atoms with Crippen LogP contribution >= 0.6 is 0 Å². The van der Waals surface area contributed by atoms with Gasteiger partial charge < -0.3 is 10.1 Å². The van der Waals surface area contributed by atoms with Crippen molar-refractivity contribution in [2.75, 3.05) is 5.32 Å². The summed E-state index contributed by atoms with van der Waals surface area (Å²) in [6.45, 7) is 5.84. The van der Waals surface area contributed by atoms with Crippen LogP contribution in [0.1, 0.15) is 18.1 Å². The van der Waals surface area contributed by atoms with E-state index >= 15 is 0 Å². The van der Waals surface area contributed by atoms with Crippen LogP contribution in [0.15, 0.2) is 60.7 Å². The highest BCUT2D eigenvalue weighted by molar-refractivity contribution is 5.96. The van der Waals surface area contributed by atoms with Gasteiger partial charge in [0.25, 0.3) is 5.91 Å². The van der Waals surface area contributed by atoms with Gasteiger partial charge >= 0.3 is 0 Å². The molecule has 0 aliphatic carbocycles. The molecule has 122 valence electrons. The van der Waals surface area contributed by atoms with Crippen LogP contribution in [-0.2, 0) is 4.79 Å². The maximum absolute atomic E-state index is 12.4. The molecule has 0 unspecified atom stereocenters. The molecule has 0 radical (unpaired) electrons. The van der Waals surface area contributed by atoms with E-state index < -0.39 is 6.10 Å². The average Bonchev–Trinajstić information content (AvgIpc) is 2.58. The lowest BCUT2D eigenvalue weighted by Crippen LogP contribution is -2.30. The molecular weight excluding hydrogens is 298 g/mol. The summed E-state index contributed by atoms with van der Waals surface area (Å²) in [4.78, 5) is 12.4. The summed E-state index contributed by atoms with van der Waals surface area (Å²) >= 11 is 0. The Kier molecular flexibility index (Phi) is 4.52. The van der Waals surface area contributed by atoms with Crippen molar-refractivity contribution >= 4 is 22.4 Å². The fraction of sp³-hybridized carbons (Fsp3) is 0.190. The van der Waals surface area contributed by atoms with Crippen molar-refractivity contribution in [3.05, 3.63) is 71.8 Å². The molecule has 0 heterocycles. The van der Waals surface area contributed by atoms with Gasteiger partial charge in [0.2, 0.25) is 0 Å². The zero-order valence-corrected chi connectivity index (χ0v) is 14.2. The summed E-state index contributed by atoms with van der Waals surface area (Å²) in [6.07, 6.45) is -0.571. The van der Waals surface area contributed by atoms with Gasteiger partial charge in [-0.2, -0.15) is 0 Å². The third kappa shape index (κ3) is 3.57. The van der Waals surface area contributed by atoms with E-state index in [1.165, 1.54) is 5.56 Å². The summed E-state index contributed by atoms with van der Waals surface area (Å²) in [5.41, 5.74) is 3.12. The van der Waals surface area contributed by atoms with Crippen LogP contribution in [0.5, 0.6) is 5.75 Å². The molecule has 0 aromatic heterocycles. The van der Waals surface area contributed by atoms with E-state index in [9.17, 15) is 4.79 Å². The highest BCUT2D eigenvalue weighted by Crippen LogP contribution is 2.20. The lowest BCUT2D eigenvalue weighted by molar-refractivity contribution is -0.122. The zero-order chi connectivity index (χ0) is 17.1. The lowest BCUT2D eigenvalue weighted by atomic mass is 10.1. The largest absolute Gasteiger partial charge is 0.481 e. The van der Waals surface area contributed by atoms with Crippen molar-refractivity contribution < 1.29 is 9.53 Å². The van der Waals surface area contributed by atoms with E-state index in [4.69, 9.17) is 4.74 Å². The number of hydrogen-bond acceptors (Lipinski definition) is 2. The minimum atomic E-state index is -0.571. The maximum Gasteiger partial charge on any atom is 0.265 e. The first kappa shape index (κ1) is 16.1. The molecule has 3 aromatic rings. The summed E-state index contributed by atoms with van der Waals surface area (Å²) in [6, 6.07) is 19.8. The molecule has 3 heteroatoms. The number of anilines is 1. The van der Waals surface area contributed by atoms with Gasteiger partial charge in [0.1, 0.15) is 5.75 Å². The molecule has 3 rings (SSSR count). The summed E-state index contributed by atoms with van der Waals surface area (Å²) < 4.78 is 5.76. The highest BCUT2D eigenvalue weighted by Gasteiger charge is 2.15. The third-order valence-corrected chi connectivity index (χ3v) is 4.18. The fourth-order valence-corrected chi connectivity index (χ4v) is 2.56. The van der Waals surface area contributed by atoms with Crippen molar-refractivity contribution in [1.29, 1.82) is 0 Å². The smallest absolute Gasteiger partial charge is 0.265 e. The van der Waals surface area contributed by atoms with Crippen LogP contribution in [-0.4, -0.2) is 12.0 Å². The Balaban J connectivity index is 1.69. The Labute approximate surface area is 142 Å². The van der Waals surface area contributed by atoms with E-state index in [0.717, 1.165) is 22.0 Å². The van der Waals surface area contributed by atoms with Gasteiger partial charge in [0.15, 0.2) is 6.10 Å². The van der Waals surface area contributed by atoms with Gasteiger partial charge in [0, 0.05) is 5.69 Å². The fourth-order valence-electron chi connectivity index (χ4n) is 2.56. The Morgan fingerprint density at radius 2 is 1.67 bits per heavy atom. The lowest BCUT2D eigenvalue weighted by Gasteiger charge is -2.16. The predicted octanol–water partition coefficient (Wildman–Crippen LogP) is 4.86. The normalized spacial score (nSPS) is 12.0. The van der Waals surface area contributed by atoms with E-state index in [1.807, 2.05) is 67.6 Å². The number of nitrogens with one attached hydrogen (secondary N) is 1. The highest BCUT2D eigenvalue weighted by atomic mass is 16.5. The molecule has 0 aliphatic heterocycles. The molecule has 0 aliphatic rings. The van der Waals surface area contributed by atoms with Gasteiger partial charge in [0.05, 0.1) is 0 Å². The van der Waals surface area contributed by atoms with E-state index in [2.05, 4.69) is 12.2 Å². The van der Waals surface area contributed by atoms with Crippen LogP contribution < -0.4 is 10.1 Å². The van der Waals surface area contributed by atoms with Crippen LogP contribution in [0, 0.1) is 13.8 Å². The quantitative estimate of drug-likeness (QED) is 0.745. The van der Waals surface area contributed by atoms with Crippen LogP contribution in [0.3, 0.4) is 0 Å². The van der Waals surface area contributed by atoms with Gasteiger partial charge in [-0.15, -0.1) is 0 Å². The molecule has 0 bridgehead atoms. The van der Waals surface area contributed by atoms with Crippen LogP contribution in [0.25, 0.3) is 10.8 Å². The first-order valence-corrected chi connectivity index (χ1v) is 8.06. The Morgan fingerprint density at radius 3 is 2.42 bits per heavy atom. The molecule has 0 saturated carbocycles. The Bertz CT molecular complexity index is 886. The minimum absolute atomic E-state index is 0.163. The minimum Gasteiger partial charge on any atom is -0.481 e. The summed E-state index contributed by atoms with van der Waals surface area (Å²) in [7, 11) is 0. The first-order valence-electron chi connectivity index (χ1n) is 8.06. The van der Waals surface area contributed by atoms with E-state index in [-0.39, 0.29) is 5.91 Å². The molecule has 1 N–H and O–H groups in total. The number of aryl methyl sites for hydroxylation is 2. The van der Waals surface area contributed by atoms with Gasteiger partial charge in [-0.25, -0.2) is 0 Å². The van der Waals surface area contributed by atoms with Crippen molar-refractivity contribution in [3.63, 3.8) is 0 Å². The third-order valence-electron chi connectivity index (χ3n) is 4.18. The van der Waals surface area contributed by atoms with Crippen molar-refractivity contribution in [2.45, 2.75) is 26.9 Å². The van der Waals surface area contributed by atoms with Crippen LogP contribution in [0.2, 0.25) is 0 Å². The summed E-state index contributed by atoms with van der Waals surface area (Å²) in [5.74, 6) is 0.544. The number of fused-ring (bicyclic) bond motifs is 1. The van der Waals surface area contributed by atoms with E-state index in [0.29, 0.717) is 5.75 Å². The van der Waals surface area contributed by atoms with Crippen molar-refractivity contribution in [1.82, 2.24) is 0 Å². The number of rotatable bonds is 4. The Hall–Kier alpha value is -2.81. The van der Waals surface area contributed by atoms with Crippen molar-refractivity contribution in [3.8, 4) is 5.75 Å². The van der Waals surface area contributed by atoms with Crippen molar-refractivity contribution in [2.24, 2.45) is 0 Å². The average molecular weight is 319 g/mol. The number of benzene rings is 3. The summed E-state index contributed by atoms with van der Waals surface area (Å²) in [5, 5.41) is 5.16. The van der Waals surface area contributed by atoms with Gasteiger partial charge in [-0.3, -0.25) is 4.79 Å². The second-order valence-electron chi connectivity index (χ2n) is 6.06. The van der Waals surface area contributed by atoms with E-state index in [1.54, 1.807) is 6.92 Å². The number of hydrogen-bond donors (Lipinski definition) is 1. The zero-order valence-electron chi connectivity index (χ0n) is 14.2. The van der Waals surface area contributed by atoms with Gasteiger partial charge in [-0.1, -0.05) is 36.4 Å². The van der Waals surface area contributed by atoms with Crippen LogP contribution in [0.4, 0.5) is 5.69 Å². The maximum atomic E-state index is 12.4. The molecule has 1 amide bonds. The number of carbonyl (C=O) groups is 1.